The van der Waals surface area contributed by atoms with E-state index in [1.54, 1.807) is 11.3 Å². The third-order valence-electron chi connectivity index (χ3n) is 1.60. The Labute approximate surface area is 77.6 Å². The summed E-state index contributed by atoms with van der Waals surface area (Å²) in [6, 6.07) is 1.91. The van der Waals surface area contributed by atoms with Crippen molar-refractivity contribution in [2.75, 3.05) is 0 Å². The summed E-state index contributed by atoms with van der Waals surface area (Å²) in [7, 11) is -2.45. The van der Waals surface area contributed by atoms with Crippen molar-refractivity contribution in [3.8, 4) is 35.9 Å². The van der Waals surface area contributed by atoms with E-state index in [-0.39, 0.29) is 0 Å². The first-order chi connectivity index (χ1) is 5.79. The van der Waals surface area contributed by atoms with E-state index < -0.39 is 8.07 Å². The summed E-state index contributed by atoms with van der Waals surface area (Å²) < 4.78 is 0. The Kier molecular flexibility index (Phi) is 2.41. The number of hydrogen-bond acceptors (Lipinski definition) is 1. The fraction of sp³-hybridized carbons (Fsp3) is 0. The Morgan fingerprint density at radius 3 is 2.08 bits per heavy atom. The van der Waals surface area contributed by atoms with Crippen LogP contribution >= 0.6 is 11.3 Å². The van der Waals surface area contributed by atoms with Gasteiger partial charge in [0, 0.05) is 0 Å². The van der Waals surface area contributed by atoms with Gasteiger partial charge in [0.1, 0.15) is 0 Å². The Hall–Kier alpha value is -1.40. The smallest absolute Gasteiger partial charge is 0.152 e. The number of thiophene rings is 1. The molecule has 0 bridgehead atoms. The highest BCUT2D eigenvalue weighted by atomic mass is 32.1. The van der Waals surface area contributed by atoms with Gasteiger partial charge in [0.05, 0.1) is 0 Å². The maximum absolute atomic E-state index is 5.35. The predicted molar refractivity (Wildman–Crippen MR) is 56.2 cm³/mol. The largest absolute Gasteiger partial charge is 0.321 e. The van der Waals surface area contributed by atoms with Crippen molar-refractivity contribution in [3.05, 3.63) is 16.8 Å². The number of rotatable bonds is 1. The molecule has 56 valence electrons. The Morgan fingerprint density at radius 1 is 1.17 bits per heavy atom. The van der Waals surface area contributed by atoms with Gasteiger partial charge in [-0.05, 0) is 22.0 Å². The highest BCUT2D eigenvalue weighted by Gasteiger charge is 2.29. The van der Waals surface area contributed by atoms with Crippen molar-refractivity contribution in [2.24, 2.45) is 0 Å². The van der Waals surface area contributed by atoms with Crippen LogP contribution in [0.15, 0.2) is 16.8 Å². The zero-order valence-corrected chi connectivity index (χ0v) is 8.19. The Balaban J connectivity index is 3.27. The molecule has 0 aliphatic carbocycles. The van der Waals surface area contributed by atoms with E-state index in [9.17, 15) is 0 Å². The van der Waals surface area contributed by atoms with E-state index in [0.29, 0.717) is 0 Å². The molecule has 0 unspecified atom stereocenters. The fourth-order valence-corrected chi connectivity index (χ4v) is 3.50. The molecule has 0 aromatic carbocycles. The zero-order chi connectivity index (χ0) is 9.03. The minimum atomic E-state index is -2.45. The maximum Gasteiger partial charge on any atom is 0.321 e. The van der Waals surface area contributed by atoms with Crippen LogP contribution in [0, 0.1) is 35.9 Å². The van der Waals surface area contributed by atoms with E-state index in [2.05, 4.69) is 16.6 Å². The van der Waals surface area contributed by atoms with Gasteiger partial charge >= 0.3 is 8.07 Å². The van der Waals surface area contributed by atoms with Gasteiger partial charge in [0.15, 0.2) is 0 Å². The molecule has 1 aromatic heterocycles. The summed E-state index contributed by atoms with van der Waals surface area (Å²) in [4.78, 5) is 0. The summed E-state index contributed by atoms with van der Waals surface area (Å²) in [5.41, 5.74) is 7.77. The van der Waals surface area contributed by atoms with E-state index in [1.165, 1.54) is 0 Å². The summed E-state index contributed by atoms with van der Waals surface area (Å²) in [6.45, 7) is 0. The van der Waals surface area contributed by atoms with Crippen molar-refractivity contribution < 1.29 is 0 Å². The molecule has 0 saturated heterocycles. The van der Waals surface area contributed by atoms with Crippen LogP contribution in [-0.2, 0) is 0 Å². The van der Waals surface area contributed by atoms with Crippen molar-refractivity contribution in [1.82, 2.24) is 0 Å². The molecule has 0 N–H and O–H groups in total. The fourth-order valence-electron chi connectivity index (χ4n) is 0.853. The first-order valence-corrected chi connectivity index (χ1v) is 6.19. The van der Waals surface area contributed by atoms with Crippen LogP contribution in [0.4, 0.5) is 0 Å². The lowest BCUT2D eigenvalue weighted by Crippen LogP contribution is -2.43. The summed E-state index contributed by atoms with van der Waals surface area (Å²) in [5.74, 6) is 0. The van der Waals surface area contributed by atoms with Crippen LogP contribution in [0.5, 0.6) is 0 Å². The van der Waals surface area contributed by atoms with Gasteiger partial charge in [-0.3, -0.25) is 0 Å². The lowest BCUT2D eigenvalue weighted by molar-refractivity contribution is 2.08. The molecular weight excluding hydrogens is 180 g/mol. The molecule has 0 fully saturated rings. The van der Waals surface area contributed by atoms with Crippen LogP contribution in [-0.4, -0.2) is 8.07 Å². The van der Waals surface area contributed by atoms with E-state index in [0.717, 1.165) is 5.19 Å². The van der Waals surface area contributed by atoms with Crippen LogP contribution < -0.4 is 5.19 Å². The summed E-state index contributed by atoms with van der Waals surface area (Å²) >= 11 is 1.56. The molecule has 1 aromatic rings. The van der Waals surface area contributed by atoms with Crippen LogP contribution in [0.1, 0.15) is 0 Å². The second-order valence-electron chi connectivity index (χ2n) is 2.20. The van der Waals surface area contributed by atoms with Gasteiger partial charge in [-0.2, -0.15) is 11.3 Å². The lowest BCUT2D eigenvalue weighted by Gasteiger charge is -2.08. The molecular formula is C10H6SSi. The SMILES string of the molecule is C#C[Si](C#C)(C#C)c1ccsc1. The van der Waals surface area contributed by atoms with Gasteiger partial charge in [-0.1, -0.05) is 16.6 Å². The topological polar surface area (TPSA) is 0 Å². The monoisotopic (exact) mass is 186 g/mol. The van der Waals surface area contributed by atoms with Crippen LogP contribution in [0.3, 0.4) is 0 Å². The number of terminal acetylenes is 3. The minimum Gasteiger partial charge on any atom is -0.152 e. The van der Waals surface area contributed by atoms with Gasteiger partial charge in [0.25, 0.3) is 0 Å². The van der Waals surface area contributed by atoms with Gasteiger partial charge in [-0.15, -0.1) is 19.3 Å². The Bertz CT molecular complexity index is 345. The molecule has 0 amide bonds. The quantitative estimate of drug-likeness (QED) is 0.452. The number of hydrogen-bond donors (Lipinski definition) is 0. The average Bonchev–Trinajstić information content (AvgIpc) is 2.62. The first kappa shape index (κ1) is 8.69. The second-order valence-corrected chi connectivity index (χ2v) is 5.92. The van der Waals surface area contributed by atoms with Gasteiger partial charge < -0.3 is 0 Å². The molecule has 0 spiro atoms. The van der Waals surface area contributed by atoms with Gasteiger partial charge in [0.2, 0.25) is 0 Å². The van der Waals surface area contributed by atoms with E-state index in [1.807, 2.05) is 16.8 Å². The van der Waals surface area contributed by atoms with Crippen molar-refractivity contribution in [2.45, 2.75) is 0 Å². The highest BCUT2D eigenvalue weighted by molar-refractivity contribution is 7.15. The standard InChI is InChI=1S/C10H6SSi/c1-4-12(5-2,6-3)10-7-8-11-9-10/h1-3,7-9H. The molecule has 0 saturated carbocycles. The van der Waals surface area contributed by atoms with E-state index >= 15 is 0 Å². The predicted octanol–water partition coefficient (Wildman–Crippen LogP) is 0.921. The zero-order valence-electron chi connectivity index (χ0n) is 6.37. The van der Waals surface area contributed by atoms with Crippen molar-refractivity contribution in [3.63, 3.8) is 0 Å². The van der Waals surface area contributed by atoms with Gasteiger partial charge in [-0.25, -0.2) is 0 Å². The molecule has 1 heterocycles. The third kappa shape index (κ3) is 1.17. The molecule has 2 heteroatoms. The van der Waals surface area contributed by atoms with Crippen LogP contribution in [0.25, 0.3) is 0 Å². The molecule has 0 atom stereocenters. The lowest BCUT2D eigenvalue weighted by atomic mass is 10.7. The highest BCUT2D eigenvalue weighted by Crippen LogP contribution is 2.03. The minimum absolute atomic E-state index is 0.972. The third-order valence-corrected chi connectivity index (χ3v) is 4.97. The molecule has 0 aliphatic heterocycles. The molecule has 0 aliphatic rings. The molecule has 1 rings (SSSR count). The second kappa shape index (κ2) is 3.33. The normalized spacial score (nSPS) is 9.42. The van der Waals surface area contributed by atoms with Crippen LogP contribution in [0.2, 0.25) is 0 Å². The Morgan fingerprint density at radius 2 is 1.75 bits per heavy atom. The van der Waals surface area contributed by atoms with Crippen molar-refractivity contribution >= 4 is 24.6 Å². The maximum atomic E-state index is 5.35. The summed E-state index contributed by atoms with van der Waals surface area (Å²) in [6.07, 6.45) is 16.1. The molecule has 0 nitrogen and oxygen atoms in total. The first-order valence-electron chi connectivity index (χ1n) is 3.25. The molecule has 0 radical (unpaired) electrons. The average molecular weight is 186 g/mol. The van der Waals surface area contributed by atoms with Crippen molar-refractivity contribution in [1.29, 1.82) is 0 Å². The van der Waals surface area contributed by atoms with E-state index in [4.69, 9.17) is 19.3 Å². The summed E-state index contributed by atoms with van der Waals surface area (Å²) in [5, 5.41) is 4.84. The molecule has 12 heavy (non-hydrogen) atoms.